The molecule has 142 valence electrons. The smallest absolute Gasteiger partial charge is 0.274 e. The number of carbonyl (C=O) groups is 1. The number of amides is 1. The lowest BCUT2D eigenvalue weighted by molar-refractivity contribution is 0.0773. The molecule has 27 heavy (non-hydrogen) atoms. The summed E-state index contributed by atoms with van der Waals surface area (Å²) in [5.41, 5.74) is 1.22. The van der Waals surface area contributed by atoms with E-state index in [0.717, 1.165) is 10.2 Å². The molecule has 10 heteroatoms. The highest BCUT2D eigenvalue weighted by atomic mass is 79.9. The Balaban J connectivity index is 1.63. The number of aryl methyl sites for hydroxylation is 1. The molecule has 0 atom stereocenters. The van der Waals surface area contributed by atoms with Crippen LogP contribution in [-0.2, 0) is 20.3 Å². The van der Waals surface area contributed by atoms with E-state index in [1.54, 1.807) is 53.3 Å². The van der Waals surface area contributed by atoms with Gasteiger partial charge >= 0.3 is 0 Å². The Labute approximate surface area is 174 Å². The molecule has 2 heterocycles. The van der Waals surface area contributed by atoms with E-state index in [9.17, 15) is 4.79 Å². The van der Waals surface area contributed by atoms with Gasteiger partial charge in [0.1, 0.15) is 5.75 Å². The molecule has 2 aromatic heterocycles. The molecule has 0 radical (unpaired) electrons. The second kappa shape index (κ2) is 8.33. The van der Waals surface area contributed by atoms with E-state index < -0.39 is 0 Å². The second-order valence-electron chi connectivity index (χ2n) is 5.81. The lowest BCUT2D eigenvalue weighted by Gasteiger charge is -2.16. The Kier molecular flexibility index (Phi) is 6.08. The summed E-state index contributed by atoms with van der Waals surface area (Å²) in [5, 5.41) is 9.35. The molecule has 0 saturated heterocycles. The average molecular weight is 473 g/mol. The molecular formula is C17H16BrCl2N5O2. The lowest BCUT2D eigenvalue weighted by Crippen LogP contribution is -2.28. The third kappa shape index (κ3) is 4.63. The number of carbonyl (C=O) groups excluding carboxylic acids is 1. The maximum atomic E-state index is 12.6. The van der Waals surface area contributed by atoms with Crippen LogP contribution in [0.1, 0.15) is 16.2 Å². The topological polar surface area (TPSA) is 65.2 Å². The van der Waals surface area contributed by atoms with Gasteiger partial charge in [-0.15, -0.1) is 0 Å². The fourth-order valence-electron chi connectivity index (χ4n) is 2.38. The van der Waals surface area contributed by atoms with Gasteiger partial charge in [-0.25, -0.2) is 4.68 Å². The number of rotatable bonds is 6. The monoisotopic (exact) mass is 471 g/mol. The van der Waals surface area contributed by atoms with Crippen LogP contribution in [0.25, 0.3) is 0 Å². The minimum Gasteiger partial charge on any atom is -0.470 e. The number of nitrogens with zero attached hydrogens (tertiary/aromatic N) is 5. The summed E-state index contributed by atoms with van der Waals surface area (Å²) >= 11 is 15.4. The summed E-state index contributed by atoms with van der Waals surface area (Å²) in [4.78, 5) is 14.2. The molecule has 1 aromatic carbocycles. The molecule has 0 fully saturated rings. The maximum absolute atomic E-state index is 12.6. The molecule has 7 nitrogen and oxygen atoms in total. The molecule has 0 bridgehead atoms. The Hall–Kier alpha value is -2.03. The third-order valence-corrected chi connectivity index (χ3v) is 5.04. The maximum Gasteiger partial charge on any atom is 0.274 e. The second-order valence-corrected chi connectivity index (χ2v) is 7.51. The fourth-order valence-corrected chi connectivity index (χ4v) is 3.32. The van der Waals surface area contributed by atoms with Crippen molar-refractivity contribution < 1.29 is 9.53 Å². The zero-order valence-electron chi connectivity index (χ0n) is 14.6. The Morgan fingerprint density at radius 1 is 1.33 bits per heavy atom. The van der Waals surface area contributed by atoms with E-state index in [0.29, 0.717) is 28.0 Å². The number of aromatic nitrogens is 4. The van der Waals surface area contributed by atoms with Crippen LogP contribution in [-0.4, -0.2) is 37.4 Å². The number of halogens is 3. The number of ether oxygens (including phenoxy) is 1. The first-order valence-corrected chi connectivity index (χ1v) is 9.43. The van der Waals surface area contributed by atoms with Gasteiger partial charge in [0.05, 0.1) is 27.9 Å². The van der Waals surface area contributed by atoms with Gasteiger partial charge in [0.2, 0.25) is 0 Å². The predicted octanol–water partition coefficient (Wildman–Crippen LogP) is 3.99. The molecule has 0 aliphatic carbocycles. The quantitative estimate of drug-likeness (QED) is 0.544. The molecule has 0 N–H and O–H groups in total. The predicted molar refractivity (Wildman–Crippen MR) is 106 cm³/mol. The van der Waals surface area contributed by atoms with Crippen LogP contribution in [0.3, 0.4) is 0 Å². The highest BCUT2D eigenvalue weighted by molar-refractivity contribution is 9.10. The standard InChI is InChI=1S/C17H16BrCl2N5O2/c1-23(9-15-12(18)8-21-24(15)2)17(26)14-5-6-25(22-14)10-27-16-4-3-11(19)7-13(16)20/h3-8H,9-10H2,1-2H3. The first-order chi connectivity index (χ1) is 12.8. The SMILES string of the molecule is CN(Cc1c(Br)cnn1C)C(=O)c1ccn(COc2ccc(Cl)cc2Cl)n1. The van der Waals surface area contributed by atoms with Crippen molar-refractivity contribution in [2.75, 3.05) is 7.05 Å². The summed E-state index contributed by atoms with van der Waals surface area (Å²) in [7, 11) is 3.54. The molecule has 3 aromatic rings. The molecule has 3 rings (SSSR count). The van der Waals surface area contributed by atoms with Crippen molar-refractivity contribution in [3.05, 3.63) is 62.6 Å². The summed E-state index contributed by atoms with van der Waals surface area (Å²) < 4.78 is 9.70. The van der Waals surface area contributed by atoms with Crippen molar-refractivity contribution in [3.63, 3.8) is 0 Å². The van der Waals surface area contributed by atoms with Crippen molar-refractivity contribution in [2.45, 2.75) is 13.3 Å². The van der Waals surface area contributed by atoms with Gasteiger partial charge in [-0.3, -0.25) is 9.48 Å². The van der Waals surface area contributed by atoms with Crippen molar-refractivity contribution in [3.8, 4) is 5.75 Å². The number of hydrogen-bond donors (Lipinski definition) is 0. The van der Waals surface area contributed by atoms with Gasteiger partial charge in [0.25, 0.3) is 5.91 Å². The van der Waals surface area contributed by atoms with E-state index in [4.69, 9.17) is 27.9 Å². The van der Waals surface area contributed by atoms with Gasteiger partial charge in [-0.05, 0) is 40.2 Å². The number of hydrogen-bond acceptors (Lipinski definition) is 4. The van der Waals surface area contributed by atoms with Gasteiger partial charge in [0.15, 0.2) is 12.4 Å². The highest BCUT2D eigenvalue weighted by Crippen LogP contribution is 2.27. The summed E-state index contributed by atoms with van der Waals surface area (Å²) in [6.45, 7) is 0.519. The first-order valence-electron chi connectivity index (χ1n) is 7.88. The van der Waals surface area contributed by atoms with E-state index in [1.165, 1.54) is 4.68 Å². The zero-order chi connectivity index (χ0) is 19.6. The molecule has 0 saturated carbocycles. The fraction of sp³-hybridized carbons (Fsp3) is 0.235. The van der Waals surface area contributed by atoms with E-state index in [2.05, 4.69) is 26.1 Å². The van der Waals surface area contributed by atoms with Crippen LogP contribution in [0, 0.1) is 0 Å². The van der Waals surface area contributed by atoms with Gasteiger partial charge < -0.3 is 9.64 Å². The normalized spacial score (nSPS) is 10.9. The molecule has 0 aliphatic rings. The Morgan fingerprint density at radius 3 is 2.78 bits per heavy atom. The van der Waals surface area contributed by atoms with Crippen molar-refractivity contribution >= 4 is 45.0 Å². The van der Waals surface area contributed by atoms with E-state index >= 15 is 0 Å². The molecular weight excluding hydrogens is 457 g/mol. The Bertz CT molecular complexity index is 953. The number of benzene rings is 1. The van der Waals surface area contributed by atoms with Crippen molar-refractivity contribution in [2.24, 2.45) is 7.05 Å². The molecule has 0 unspecified atom stereocenters. The van der Waals surface area contributed by atoms with Crippen LogP contribution in [0.15, 0.2) is 41.1 Å². The van der Waals surface area contributed by atoms with Gasteiger partial charge in [-0.2, -0.15) is 10.2 Å². The molecule has 0 spiro atoms. The molecule has 0 aliphatic heterocycles. The van der Waals surface area contributed by atoms with Crippen LogP contribution < -0.4 is 4.74 Å². The minimum atomic E-state index is -0.202. The van der Waals surface area contributed by atoms with Crippen LogP contribution in [0.2, 0.25) is 10.0 Å². The highest BCUT2D eigenvalue weighted by Gasteiger charge is 2.18. The lowest BCUT2D eigenvalue weighted by atomic mass is 10.3. The average Bonchev–Trinajstić information content (AvgIpc) is 3.22. The third-order valence-electron chi connectivity index (χ3n) is 3.85. The van der Waals surface area contributed by atoms with Gasteiger partial charge in [0, 0.05) is 25.3 Å². The first kappa shape index (κ1) is 19.7. The Morgan fingerprint density at radius 2 is 2.11 bits per heavy atom. The zero-order valence-corrected chi connectivity index (χ0v) is 17.7. The summed E-state index contributed by atoms with van der Waals surface area (Å²) in [5.74, 6) is 0.286. The van der Waals surface area contributed by atoms with Gasteiger partial charge in [-0.1, -0.05) is 23.2 Å². The van der Waals surface area contributed by atoms with E-state index in [-0.39, 0.29) is 12.6 Å². The van der Waals surface area contributed by atoms with Crippen LogP contribution in [0.5, 0.6) is 5.75 Å². The largest absolute Gasteiger partial charge is 0.470 e. The van der Waals surface area contributed by atoms with Crippen LogP contribution in [0.4, 0.5) is 0 Å². The van der Waals surface area contributed by atoms with Crippen LogP contribution >= 0.6 is 39.1 Å². The summed E-state index contributed by atoms with van der Waals surface area (Å²) in [6, 6.07) is 6.61. The minimum absolute atomic E-state index is 0.117. The molecule has 1 amide bonds. The van der Waals surface area contributed by atoms with E-state index in [1.807, 2.05) is 7.05 Å². The van der Waals surface area contributed by atoms with Crippen molar-refractivity contribution in [1.82, 2.24) is 24.5 Å². The summed E-state index contributed by atoms with van der Waals surface area (Å²) in [6.07, 6.45) is 3.37. The van der Waals surface area contributed by atoms with Crippen molar-refractivity contribution in [1.29, 1.82) is 0 Å².